The summed E-state index contributed by atoms with van der Waals surface area (Å²) in [5.74, 6) is 1.28. The number of fused-ring (bicyclic) bond motifs is 2. The Morgan fingerprint density at radius 2 is 1.95 bits per heavy atom. The molecule has 0 unspecified atom stereocenters. The molecule has 6 rings (SSSR count). The van der Waals surface area contributed by atoms with Gasteiger partial charge in [0.15, 0.2) is 0 Å². The predicted molar refractivity (Wildman–Crippen MR) is 164 cm³/mol. The molecule has 0 bridgehead atoms. The molecule has 0 spiro atoms. The SMILES string of the molecule is CC[C@H]1CN(C(=O)Cc2ccc(CN3CCN(C)CC3)c(C(F)F)c2)Cc2cc(Oc3ccnc4[nH]c(C#N)cc34)ccc21. The van der Waals surface area contributed by atoms with Crippen LogP contribution in [0, 0.1) is 11.3 Å². The maximum atomic E-state index is 14.1. The molecule has 4 aromatic rings. The number of aromatic nitrogens is 2. The van der Waals surface area contributed by atoms with Crippen molar-refractivity contribution in [1.82, 2.24) is 24.7 Å². The van der Waals surface area contributed by atoms with Crippen molar-refractivity contribution in [3.8, 4) is 17.6 Å². The number of hydrogen-bond acceptors (Lipinski definition) is 6. The Labute approximate surface area is 255 Å². The molecule has 0 aliphatic carbocycles. The standard InChI is InChI=1S/C34H36F2N6O2/c1-3-23-20-42(32(43)15-22-4-5-24(29(14-22)33(35)36)19-41-12-10-40(2)11-13-41)21-25-16-27(6-7-28(23)25)44-31-8-9-38-34-30(31)17-26(18-37)39-34/h4-9,14,16-17,23,33H,3,10-13,15,19-21H2,1-2H3,(H,38,39)/t23-/m0/s1. The van der Waals surface area contributed by atoms with Gasteiger partial charge < -0.3 is 19.5 Å². The number of carbonyl (C=O) groups excluding carboxylic acids is 1. The summed E-state index contributed by atoms with van der Waals surface area (Å²) in [6.45, 7) is 7.13. The van der Waals surface area contributed by atoms with Gasteiger partial charge in [-0.3, -0.25) is 9.69 Å². The zero-order valence-electron chi connectivity index (χ0n) is 25.0. The van der Waals surface area contributed by atoms with Crippen LogP contribution in [0.4, 0.5) is 8.78 Å². The molecule has 10 heteroatoms. The van der Waals surface area contributed by atoms with E-state index in [2.05, 4.69) is 45.9 Å². The summed E-state index contributed by atoms with van der Waals surface area (Å²) in [7, 11) is 2.07. The number of carbonyl (C=O) groups is 1. The van der Waals surface area contributed by atoms with Gasteiger partial charge in [0.25, 0.3) is 6.43 Å². The number of piperazine rings is 1. The Bertz CT molecular complexity index is 1710. The van der Waals surface area contributed by atoms with Gasteiger partial charge in [-0.15, -0.1) is 0 Å². The fourth-order valence-electron chi connectivity index (χ4n) is 6.27. The van der Waals surface area contributed by atoms with Crippen molar-refractivity contribution in [2.45, 2.75) is 45.2 Å². The van der Waals surface area contributed by atoms with Crippen molar-refractivity contribution in [2.75, 3.05) is 39.8 Å². The molecule has 2 aliphatic rings. The van der Waals surface area contributed by atoms with Crippen LogP contribution in [0.3, 0.4) is 0 Å². The Morgan fingerprint density at radius 3 is 2.70 bits per heavy atom. The molecule has 228 valence electrons. The Balaban J connectivity index is 1.18. The molecule has 2 aliphatic heterocycles. The molecule has 4 heterocycles. The molecule has 8 nitrogen and oxygen atoms in total. The van der Waals surface area contributed by atoms with E-state index in [4.69, 9.17) is 4.74 Å². The van der Waals surface area contributed by atoms with E-state index in [1.807, 2.05) is 23.1 Å². The van der Waals surface area contributed by atoms with Crippen molar-refractivity contribution < 1.29 is 18.3 Å². The molecule has 0 saturated carbocycles. The van der Waals surface area contributed by atoms with Crippen LogP contribution in [0.2, 0.25) is 0 Å². The number of likely N-dealkylation sites (N-methyl/N-ethyl adjacent to an activating group) is 1. The summed E-state index contributed by atoms with van der Waals surface area (Å²) in [6.07, 6.45) is -0.0462. The first-order valence-electron chi connectivity index (χ1n) is 15.1. The fraction of sp³-hybridized carbons (Fsp3) is 0.382. The van der Waals surface area contributed by atoms with E-state index in [1.165, 1.54) is 11.6 Å². The lowest BCUT2D eigenvalue weighted by Crippen LogP contribution is -2.44. The third-order valence-corrected chi connectivity index (χ3v) is 8.83. The van der Waals surface area contributed by atoms with Crippen LogP contribution in [0.25, 0.3) is 11.0 Å². The summed E-state index contributed by atoms with van der Waals surface area (Å²) in [6, 6.07) is 16.6. The van der Waals surface area contributed by atoms with Gasteiger partial charge in [-0.2, -0.15) is 5.26 Å². The lowest BCUT2D eigenvalue weighted by Gasteiger charge is -2.35. The van der Waals surface area contributed by atoms with E-state index in [-0.39, 0.29) is 23.8 Å². The number of nitrogens with one attached hydrogen (secondary N) is 1. The molecular formula is C34H36F2N6O2. The maximum absolute atomic E-state index is 14.1. The summed E-state index contributed by atoms with van der Waals surface area (Å²) >= 11 is 0. The molecule has 1 fully saturated rings. The normalized spacial score (nSPS) is 17.5. The minimum Gasteiger partial charge on any atom is -0.457 e. The van der Waals surface area contributed by atoms with Crippen LogP contribution < -0.4 is 4.74 Å². The second-order valence-electron chi connectivity index (χ2n) is 11.8. The number of aromatic amines is 1. The molecule has 44 heavy (non-hydrogen) atoms. The number of rotatable bonds is 8. The number of pyridine rings is 1. The third-order valence-electron chi connectivity index (χ3n) is 8.83. The zero-order chi connectivity index (χ0) is 30.8. The number of alkyl halides is 2. The Hall–Kier alpha value is -4.33. The smallest absolute Gasteiger partial charge is 0.264 e. The highest BCUT2D eigenvalue weighted by molar-refractivity contribution is 5.84. The van der Waals surface area contributed by atoms with Gasteiger partial charge in [0.05, 0.1) is 11.8 Å². The number of H-pyrrole nitrogens is 1. The van der Waals surface area contributed by atoms with E-state index < -0.39 is 6.43 Å². The van der Waals surface area contributed by atoms with Crippen LogP contribution in [-0.2, 0) is 24.3 Å². The highest BCUT2D eigenvalue weighted by Gasteiger charge is 2.28. The minimum absolute atomic E-state index is 0.0148. The van der Waals surface area contributed by atoms with Crippen molar-refractivity contribution in [1.29, 1.82) is 5.26 Å². The van der Waals surface area contributed by atoms with Gasteiger partial charge in [-0.25, -0.2) is 13.8 Å². The number of hydrogen-bond donors (Lipinski definition) is 1. The van der Waals surface area contributed by atoms with E-state index in [0.717, 1.165) is 38.2 Å². The van der Waals surface area contributed by atoms with E-state index in [1.54, 1.807) is 24.4 Å². The second kappa shape index (κ2) is 12.7. The van der Waals surface area contributed by atoms with Gasteiger partial charge in [0, 0.05) is 63.5 Å². The van der Waals surface area contributed by atoms with Gasteiger partial charge >= 0.3 is 0 Å². The van der Waals surface area contributed by atoms with E-state index in [9.17, 15) is 18.8 Å². The van der Waals surface area contributed by atoms with E-state index >= 15 is 0 Å². The fourth-order valence-corrected chi connectivity index (χ4v) is 6.27. The summed E-state index contributed by atoms with van der Waals surface area (Å²) in [4.78, 5) is 27.1. The van der Waals surface area contributed by atoms with Gasteiger partial charge in [0.1, 0.15) is 28.9 Å². The van der Waals surface area contributed by atoms with Gasteiger partial charge in [-0.05, 0) is 66.1 Å². The van der Waals surface area contributed by atoms with Crippen LogP contribution in [0.1, 0.15) is 59.2 Å². The predicted octanol–water partition coefficient (Wildman–Crippen LogP) is 5.99. The molecule has 1 N–H and O–H groups in total. The summed E-state index contributed by atoms with van der Waals surface area (Å²) < 4.78 is 34.5. The molecule has 2 aromatic heterocycles. The van der Waals surface area contributed by atoms with Crippen LogP contribution in [0.15, 0.2) is 54.7 Å². The summed E-state index contributed by atoms with van der Waals surface area (Å²) in [5.41, 5.74) is 4.41. The molecule has 1 amide bonds. The molecular weight excluding hydrogens is 562 g/mol. The van der Waals surface area contributed by atoms with Crippen molar-refractivity contribution in [3.05, 3.63) is 88.2 Å². The number of nitrogens with zero attached hydrogens (tertiary/aromatic N) is 5. The van der Waals surface area contributed by atoms with Crippen LogP contribution >= 0.6 is 0 Å². The Morgan fingerprint density at radius 1 is 1.14 bits per heavy atom. The first-order chi connectivity index (χ1) is 21.3. The monoisotopic (exact) mass is 598 g/mol. The number of benzene rings is 2. The number of ether oxygens (including phenoxy) is 1. The van der Waals surface area contributed by atoms with Crippen molar-refractivity contribution in [3.63, 3.8) is 0 Å². The molecule has 1 atom stereocenters. The molecule has 1 saturated heterocycles. The highest BCUT2D eigenvalue weighted by atomic mass is 19.3. The highest BCUT2D eigenvalue weighted by Crippen LogP contribution is 2.36. The van der Waals surface area contributed by atoms with Crippen LogP contribution in [-0.4, -0.2) is 70.3 Å². The summed E-state index contributed by atoms with van der Waals surface area (Å²) in [5, 5.41) is 9.97. The lowest BCUT2D eigenvalue weighted by atomic mass is 9.87. The molecule has 0 radical (unpaired) electrons. The molecule has 2 aromatic carbocycles. The minimum atomic E-state index is -2.60. The quantitative estimate of drug-likeness (QED) is 0.268. The average molecular weight is 599 g/mol. The van der Waals surface area contributed by atoms with E-state index in [0.29, 0.717) is 59.0 Å². The number of amides is 1. The largest absolute Gasteiger partial charge is 0.457 e. The number of halogens is 2. The lowest BCUT2D eigenvalue weighted by molar-refractivity contribution is -0.131. The average Bonchev–Trinajstić information content (AvgIpc) is 3.47. The Kier molecular flexibility index (Phi) is 8.60. The van der Waals surface area contributed by atoms with Crippen molar-refractivity contribution >= 4 is 16.9 Å². The van der Waals surface area contributed by atoms with Crippen molar-refractivity contribution in [2.24, 2.45) is 0 Å². The third kappa shape index (κ3) is 6.30. The van der Waals surface area contributed by atoms with Crippen LogP contribution in [0.5, 0.6) is 11.5 Å². The second-order valence-corrected chi connectivity index (χ2v) is 11.8. The number of nitriles is 1. The topological polar surface area (TPSA) is 88.5 Å². The van der Waals surface area contributed by atoms with Gasteiger partial charge in [-0.1, -0.05) is 25.1 Å². The zero-order valence-corrected chi connectivity index (χ0v) is 25.0. The maximum Gasteiger partial charge on any atom is 0.264 e. The first kappa shape index (κ1) is 29.7. The first-order valence-corrected chi connectivity index (χ1v) is 15.1. The van der Waals surface area contributed by atoms with Gasteiger partial charge in [0.2, 0.25) is 5.91 Å².